The first-order chi connectivity index (χ1) is 13.1. The average molecular weight is 387 g/mol. The summed E-state index contributed by atoms with van der Waals surface area (Å²) in [7, 11) is 0. The van der Waals surface area contributed by atoms with E-state index >= 15 is 0 Å². The lowest BCUT2D eigenvalue weighted by Gasteiger charge is -2.05. The third-order valence-electron chi connectivity index (χ3n) is 3.63. The molecule has 1 heterocycles. The van der Waals surface area contributed by atoms with Crippen LogP contribution in [0.5, 0.6) is 5.75 Å². The normalized spacial score (nSPS) is 10.9. The largest absolute Gasteiger partial charge is 0.481 e. The number of nitrogens with zero attached hydrogens (tertiary/aromatic N) is 3. The minimum Gasteiger partial charge on any atom is -0.481 e. The van der Waals surface area contributed by atoms with Crippen molar-refractivity contribution in [1.82, 2.24) is 15.2 Å². The summed E-state index contributed by atoms with van der Waals surface area (Å²) in [6, 6.07) is 15.3. The van der Waals surface area contributed by atoms with Crippen LogP contribution in [0.2, 0.25) is 5.15 Å². The first-order valence-electron chi connectivity index (χ1n) is 8.06. The predicted octanol–water partition coefficient (Wildman–Crippen LogP) is 3.50. The Morgan fingerprint density at radius 2 is 1.96 bits per heavy atom. The zero-order valence-electron chi connectivity index (χ0n) is 14.4. The SMILES string of the molecule is Cc1nn(-c2ccccc2)c(Cl)c1/C=N/NC(=O)COc1ccccc1F. The quantitative estimate of drug-likeness (QED) is 0.520. The molecule has 0 aliphatic rings. The van der Waals surface area contributed by atoms with Gasteiger partial charge in [0.2, 0.25) is 0 Å². The lowest BCUT2D eigenvalue weighted by Crippen LogP contribution is -2.24. The van der Waals surface area contributed by atoms with Crippen LogP contribution in [-0.4, -0.2) is 28.5 Å². The highest BCUT2D eigenvalue weighted by molar-refractivity contribution is 6.32. The van der Waals surface area contributed by atoms with Crippen molar-refractivity contribution in [2.75, 3.05) is 6.61 Å². The molecule has 0 unspecified atom stereocenters. The fourth-order valence-corrected chi connectivity index (χ4v) is 2.63. The Hall–Kier alpha value is -3.19. The zero-order chi connectivity index (χ0) is 19.2. The van der Waals surface area contributed by atoms with Crippen molar-refractivity contribution in [2.24, 2.45) is 5.10 Å². The molecule has 8 heteroatoms. The van der Waals surface area contributed by atoms with Crippen LogP contribution in [0.1, 0.15) is 11.3 Å². The summed E-state index contributed by atoms with van der Waals surface area (Å²) < 4.78 is 20.1. The van der Waals surface area contributed by atoms with E-state index in [-0.39, 0.29) is 12.4 Å². The van der Waals surface area contributed by atoms with Crippen molar-refractivity contribution in [2.45, 2.75) is 6.92 Å². The first-order valence-corrected chi connectivity index (χ1v) is 8.44. The molecule has 0 saturated heterocycles. The van der Waals surface area contributed by atoms with Gasteiger partial charge in [-0.3, -0.25) is 4.79 Å². The van der Waals surface area contributed by atoms with Gasteiger partial charge < -0.3 is 4.74 Å². The number of carbonyl (C=O) groups excluding carboxylic acids is 1. The van der Waals surface area contributed by atoms with Gasteiger partial charge in [0, 0.05) is 0 Å². The number of benzene rings is 2. The van der Waals surface area contributed by atoms with Crippen molar-refractivity contribution in [3.05, 3.63) is 76.8 Å². The van der Waals surface area contributed by atoms with Crippen LogP contribution in [-0.2, 0) is 4.79 Å². The highest BCUT2D eigenvalue weighted by Gasteiger charge is 2.13. The number of hydrogen-bond acceptors (Lipinski definition) is 4. The number of para-hydroxylation sites is 2. The smallest absolute Gasteiger partial charge is 0.277 e. The van der Waals surface area contributed by atoms with Crippen LogP contribution in [0.4, 0.5) is 4.39 Å². The summed E-state index contributed by atoms with van der Waals surface area (Å²) in [4.78, 5) is 11.8. The van der Waals surface area contributed by atoms with Gasteiger partial charge in [-0.2, -0.15) is 10.2 Å². The van der Waals surface area contributed by atoms with Gasteiger partial charge in [0.05, 0.1) is 23.2 Å². The zero-order valence-corrected chi connectivity index (χ0v) is 15.2. The minimum atomic E-state index is -0.537. The van der Waals surface area contributed by atoms with Gasteiger partial charge in [0.25, 0.3) is 5.91 Å². The number of hydrogen-bond donors (Lipinski definition) is 1. The van der Waals surface area contributed by atoms with E-state index < -0.39 is 11.7 Å². The van der Waals surface area contributed by atoms with Crippen LogP contribution in [0.15, 0.2) is 59.7 Å². The number of aromatic nitrogens is 2. The van der Waals surface area contributed by atoms with Crippen LogP contribution >= 0.6 is 11.6 Å². The average Bonchev–Trinajstić information content (AvgIpc) is 2.96. The number of rotatable bonds is 6. The van der Waals surface area contributed by atoms with Crippen LogP contribution in [0.25, 0.3) is 5.69 Å². The summed E-state index contributed by atoms with van der Waals surface area (Å²) in [5.41, 5.74) is 4.36. The number of ether oxygens (including phenoxy) is 1. The first kappa shape index (κ1) is 18.6. The molecule has 6 nitrogen and oxygen atoms in total. The van der Waals surface area contributed by atoms with E-state index in [2.05, 4.69) is 15.6 Å². The molecule has 1 amide bonds. The summed E-state index contributed by atoms with van der Waals surface area (Å²) in [6.07, 6.45) is 1.41. The van der Waals surface area contributed by atoms with Crippen LogP contribution < -0.4 is 10.2 Å². The molecule has 0 aliphatic heterocycles. The molecule has 27 heavy (non-hydrogen) atoms. The molecule has 1 N–H and O–H groups in total. The number of halogens is 2. The number of carbonyl (C=O) groups is 1. The molecule has 0 bridgehead atoms. The second-order valence-electron chi connectivity index (χ2n) is 5.55. The topological polar surface area (TPSA) is 68.5 Å². The molecular weight excluding hydrogens is 371 g/mol. The summed E-state index contributed by atoms with van der Waals surface area (Å²) >= 11 is 6.37. The van der Waals surface area contributed by atoms with Crippen molar-refractivity contribution in [3.8, 4) is 11.4 Å². The molecule has 0 atom stereocenters. The maximum atomic E-state index is 13.4. The molecule has 0 spiro atoms. The van der Waals surface area contributed by atoms with E-state index in [1.54, 1.807) is 17.7 Å². The predicted molar refractivity (Wildman–Crippen MR) is 101 cm³/mol. The third kappa shape index (κ3) is 4.51. The number of nitrogens with one attached hydrogen (secondary N) is 1. The number of hydrazone groups is 1. The standard InChI is InChI=1S/C19H16ClFN4O2/c1-13-15(19(20)25(24-13)14-7-3-2-4-8-14)11-22-23-18(26)12-27-17-10-6-5-9-16(17)21/h2-11H,12H2,1H3,(H,23,26)/b22-11+. The van der Waals surface area contributed by atoms with Crippen molar-refractivity contribution in [1.29, 1.82) is 0 Å². The Kier molecular flexibility index (Phi) is 5.83. The van der Waals surface area contributed by atoms with Crippen molar-refractivity contribution in [3.63, 3.8) is 0 Å². The lowest BCUT2D eigenvalue weighted by molar-refractivity contribution is -0.123. The highest BCUT2D eigenvalue weighted by Crippen LogP contribution is 2.21. The minimum absolute atomic E-state index is 0.000319. The molecule has 2 aromatic carbocycles. The van der Waals surface area contributed by atoms with E-state index in [9.17, 15) is 9.18 Å². The second-order valence-corrected chi connectivity index (χ2v) is 5.91. The molecule has 0 aliphatic carbocycles. The van der Waals surface area contributed by atoms with E-state index in [1.807, 2.05) is 30.3 Å². The van der Waals surface area contributed by atoms with E-state index in [0.717, 1.165) is 5.69 Å². The van der Waals surface area contributed by atoms with Gasteiger partial charge in [0.15, 0.2) is 18.2 Å². The van der Waals surface area contributed by atoms with E-state index in [4.69, 9.17) is 16.3 Å². The molecule has 3 rings (SSSR count). The highest BCUT2D eigenvalue weighted by atomic mass is 35.5. The molecule has 0 radical (unpaired) electrons. The Morgan fingerprint density at radius 3 is 2.70 bits per heavy atom. The van der Waals surface area contributed by atoms with E-state index in [0.29, 0.717) is 16.4 Å². The number of amides is 1. The molecular formula is C19H16ClFN4O2. The fraction of sp³-hybridized carbons (Fsp3) is 0.105. The molecule has 1 aromatic heterocycles. The van der Waals surface area contributed by atoms with Gasteiger partial charge in [-0.1, -0.05) is 41.9 Å². The van der Waals surface area contributed by atoms with Gasteiger partial charge in [0.1, 0.15) is 5.15 Å². The van der Waals surface area contributed by atoms with Gasteiger partial charge in [-0.15, -0.1) is 0 Å². The van der Waals surface area contributed by atoms with Crippen molar-refractivity contribution < 1.29 is 13.9 Å². The second kappa shape index (κ2) is 8.46. The number of aryl methyl sites for hydroxylation is 1. The third-order valence-corrected chi connectivity index (χ3v) is 3.99. The Balaban J connectivity index is 1.62. The molecule has 3 aromatic rings. The van der Waals surface area contributed by atoms with Gasteiger partial charge in [-0.05, 0) is 31.2 Å². The lowest BCUT2D eigenvalue weighted by atomic mass is 10.3. The van der Waals surface area contributed by atoms with E-state index in [1.165, 1.54) is 24.4 Å². The van der Waals surface area contributed by atoms with Gasteiger partial charge >= 0.3 is 0 Å². The Morgan fingerprint density at radius 1 is 1.26 bits per heavy atom. The monoisotopic (exact) mass is 386 g/mol. The van der Waals surface area contributed by atoms with Gasteiger partial charge in [-0.25, -0.2) is 14.5 Å². The Labute approximate surface area is 160 Å². The fourth-order valence-electron chi connectivity index (χ4n) is 2.30. The molecule has 0 saturated carbocycles. The summed E-state index contributed by atoms with van der Waals surface area (Å²) in [5, 5.41) is 8.62. The summed E-state index contributed by atoms with van der Waals surface area (Å²) in [5.74, 6) is -1.07. The maximum absolute atomic E-state index is 13.4. The maximum Gasteiger partial charge on any atom is 0.277 e. The van der Waals surface area contributed by atoms with Crippen molar-refractivity contribution >= 4 is 23.7 Å². The van der Waals surface area contributed by atoms with Crippen LogP contribution in [0.3, 0.4) is 0 Å². The molecule has 0 fully saturated rings. The summed E-state index contributed by atoms with van der Waals surface area (Å²) in [6.45, 7) is 1.42. The molecule has 138 valence electrons. The van der Waals surface area contributed by atoms with Crippen LogP contribution in [0, 0.1) is 12.7 Å². The Bertz CT molecular complexity index is 973.